The zero-order valence-electron chi connectivity index (χ0n) is 14.8. The molecule has 3 aromatic rings. The number of nitro benzene ring substituents is 1. The number of para-hydroxylation sites is 2. The van der Waals surface area contributed by atoms with Crippen LogP contribution in [0.5, 0.6) is 0 Å². The zero-order chi connectivity index (χ0) is 18.0. The summed E-state index contributed by atoms with van der Waals surface area (Å²) < 4.78 is 2.14. The Bertz CT molecular complexity index is 893. The van der Waals surface area contributed by atoms with Gasteiger partial charge in [-0.25, -0.2) is 4.98 Å². The molecule has 0 N–H and O–H groups in total. The van der Waals surface area contributed by atoms with Crippen molar-refractivity contribution in [3.8, 4) is 0 Å². The van der Waals surface area contributed by atoms with Gasteiger partial charge >= 0.3 is 0 Å². The molecule has 0 aliphatic heterocycles. The number of fused-ring (bicyclic) bond motifs is 1. The summed E-state index contributed by atoms with van der Waals surface area (Å²) in [5.74, 6) is 0.178. The summed E-state index contributed by atoms with van der Waals surface area (Å²) in [6, 6.07) is 15.1. The number of non-ortho nitro benzene ring substituents is 1. The molecule has 5 nitrogen and oxygen atoms in total. The smallest absolute Gasteiger partial charge is 0.269 e. The van der Waals surface area contributed by atoms with Crippen LogP contribution in [0.4, 0.5) is 5.69 Å². The topological polar surface area (TPSA) is 61.0 Å². The van der Waals surface area contributed by atoms with Crippen molar-refractivity contribution >= 4 is 16.7 Å². The van der Waals surface area contributed by atoms with Gasteiger partial charge in [0.15, 0.2) is 0 Å². The van der Waals surface area contributed by atoms with E-state index in [1.165, 1.54) is 0 Å². The molecule has 0 aliphatic rings. The summed E-state index contributed by atoms with van der Waals surface area (Å²) in [4.78, 5) is 15.3. The molecular formula is C20H23N3O2. The molecule has 130 valence electrons. The molecule has 3 rings (SSSR count). The zero-order valence-corrected chi connectivity index (χ0v) is 14.8. The van der Waals surface area contributed by atoms with Crippen LogP contribution in [0, 0.1) is 15.5 Å². The van der Waals surface area contributed by atoms with Gasteiger partial charge in [-0.3, -0.25) is 10.1 Å². The fourth-order valence-electron chi connectivity index (χ4n) is 3.31. The summed E-state index contributed by atoms with van der Waals surface area (Å²) in [7, 11) is 0. The van der Waals surface area contributed by atoms with Gasteiger partial charge in [0.25, 0.3) is 5.69 Å². The summed E-state index contributed by atoms with van der Waals surface area (Å²) in [5.41, 5.74) is 3.32. The number of hydrogen-bond donors (Lipinski definition) is 0. The van der Waals surface area contributed by atoms with E-state index in [4.69, 9.17) is 0 Å². The molecule has 0 saturated heterocycles. The molecule has 5 heteroatoms. The third-order valence-corrected chi connectivity index (χ3v) is 4.36. The molecule has 0 fully saturated rings. The number of benzene rings is 2. The Balaban J connectivity index is 1.97. The normalized spacial score (nSPS) is 13.1. The molecule has 1 aromatic heterocycles. The number of hydrogen-bond acceptors (Lipinski definition) is 3. The predicted molar refractivity (Wildman–Crippen MR) is 99.6 cm³/mol. The van der Waals surface area contributed by atoms with Gasteiger partial charge in [-0.2, -0.15) is 0 Å². The van der Waals surface area contributed by atoms with Crippen molar-refractivity contribution in [1.29, 1.82) is 0 Å². The molecule has 0 amide bonds. The minimum absolute atomic E-state index is 0.117. The van der Waals surface area contributed by atoms with Crippen LogP contribution in [-0.4, -0.2) is 14.5 Å². The minimum Gasteiger partial charge on any atom is -0.330 e. The van der Waals surface area contributed by atoms with E-state index in [0.717, 1.165) is 29.6 Å². The lowest BCUT2D eigenvalue weighted by Gasteiger charge is -2.27. The standard InChI is InChI=1S/C20H23N3O2/c1-20(2,3)12-16(15-7-6-8-17(11-15)23(24)25)13-22-14-21-18-9-4-5-10-19(18)22/h4-11,14,16H,12-13H2,1-3H3/t16-/m1/s1. The summed E-state index contributed by atoms with van der Waals surface area (Å²) in [6.45, 7) is 7.34. The SMILES string of the molecule is CC(C)(C)C[C@H](Cn1cnc2ccccc21)c1cccc([N+](=O)[O-])c1. The van der Waals surface area contributed by atoms with Crippen LogP contribution in [0.2, 0.25) is 0 Å². The Labute approximate surface area is 147 Å². The highest BCUT2D eigenvalue weighted by Gasteiger charge is 2.23. The highest BCUT2D eigenvalue weighted by atomic mass is 16.6. The Morgan fingerprint density at radius 1 is 1.16 bits per heavy atom. The monoisotopic (exact) mass is 337 g/mol. The molecule has 2 aromatic carbocycles. The predicted octanol–water partition coefficient (Wildman–Crippen LogP) is 5.16. The lowest BCUT2D eigenvalue weighted by molar-refractivity contribution is -0.384. The summed E-state index contributed by atoms with van der Waals surface area (Å²) in [6.07, 6.45) is 2.79. The number of nitro groups is 1. The van der Waals surface area contributed by atoms with Gasteiger partial charge in [-0.1, -0.05) is 45.0 Å². The van der Waals surface area contributed by atoms with Crippen molar-refractivity contribution in [2.75, 3.05) is 0 Å². The van der Waals surface area contributed by atoms with E-state index in [-0.39, 0.29) is 21.9 Å². The first-order valence-corrected chi connectivity index (χ1v) is 8.48. The van der Waals surface area contributed by atoms with Crippen molar-refractivity contribution < 1.29 is 4.92 Å². The average Bonchev–Trinajstić information content (AvgIpc) is 2.96. The molecule has 25 heavy (non-hydrogen) atoms. The Kier molecular flexibility index (Phi) is 4.57. The fraction of sp³-hybridized carbons (Fsp3) is 0.350. The van der Waals surface area contributed by atoms with Crippen LogP contribution in [-0.2, 0) is 6.54 Å². The molecule has 1 heterocycles. The maximum atomic E-state index is 11.1. The maximum Gasteiger partial charge on any atom is 0.269 e. The molecule has 1 atom stereocenters. The van der Waals surface area contributed by atoms with Crippen LogP contribution in [0.1, 0.15) is 38.7 Å². The highest BCUT2D eigenvalue weighted by molar-refractivity contribution is 5.74. The van der Waals surface area contributed by atoms with E-state index >= 15 is 0 Å². The van der Waals surface area contributed by atoms with E-state index < -0.39 is 0 Å². The second-order valence-corrected chi connectivity index (χ2v) is 7.70. The molecule has 0 saturated carbocycles. The van der Waals surface area contributed by atoms with Crippen molar-refractivity contribution in [2.45, 2.75) is 39.7 Å². The quantitative estimate of drug-likeness (QED) is 0.477. The molecule has 0 radical (unpaired) electrons. The first-order valence-electron chi connectivity index (χ1n) is 8.48. The van der Waals surface area contributed by atoms with E-state index in [9.17, 15) is 10.1 Å². The van der Waals surface area contributed by atoms with Crippen molar-refractivity contribution in [1.82, 2.24) is 9.55 Å². The van der Waals surface area contributed by atoms with Gasteiger partial charge in [0, 0.05) is 24.6 Å². The second kappa shape index (κ2) is 6.67. The largest absolute Gasteiger partial charge is 0.330 e. The number of imidazole rings is 1. The number of rotatable bonds is 5. The van der Waals surface area contributed by atoms with Gasteiger partial charge in [-0.15, -0.1) is 0 Å². The summed E-state index contributed by atoms with van der Waals surface area (Å²) >= 11 is 0. The Hall–Kier alpha value is -2.69. The maximum absolute atomic E-state index is 11.1. The molecule has 0 spiro atoms. The van der Waals surface area contributed by atoms with Crippen LogP contribution >= 0.6 is 0 Å². The van der Waals surface area contributed by atoms with Crippen LogP contribution < -0.4 is 0 Å². The minimum atomic E-state index is -0.329. The highest BCUT2D eigenvalue weighted by Crippen LogP contribution is 2.34. The van der Waals surface area contributed by atoms with Crippen molar-refractivity contribution in [3.05, 3.63) is 70.5 Å². The Morgan fingerprint density at radius 3 is 2.64 bits per heavy atom. The van der Waals surface area contributed by atoms with Crippen molar-refractivity contribution in [3.63, 3.8) is 0 Å². The van der Waals surface area contributed by atoms with Crippen LogP contribution in [0.3, 0.4) is 0 Å². The lowest BCUT2D eigenvalue weighted by atomic mass is 9.81. The lowest BCUT2D eigenvalue weighted by Crippen LogP contribution is -2.17. The van der Waals surface area contributed by atoms with E-state index in [1.54, 1.807) is 18.2 Å². The summed E-state index contributed by atoms with van der Waals surface area (Å²) in [5, 5.41) is 11.1. The van der Waals surface area contributed by atoms with Gasteiger partial charge < -0.3 is 4.57 Å². The Morgan fingerprint density at radius 2 is 1.92 bits per heavy atom. The van der Waals surface area contributed by atoms with Crippen LogP contribution in [0.15, 0.2) is 54.9 Å². The second-order valence-electron chi connectivity index (χ2n) is 7.70. The third-order valence-electron chi connectivity index (χ3n) is 4.36. The van der Waals surface area contributed by atoms with Gasteiger partial charge in [0.2, 0.25) is 0 Å². The van der Waals surface area contributed by atoms with Gasteiger partial charge in [-0.05, 0) is 29.5 Å². The first-order chi connectivity index (χ1) is 11.8. The van der Waals surface area contributed by atoms with Gasteiger partial charge in [0.1, 0.15) is 0 Å². The average molecular weight is 337 g/mol. The van der Waals surface area contributed by atoms with Crippen LogP contribution in [0.25, 0.3) is 11.0 Å². The molecular weight excluding hydrogens is 314 g/mol. The number of nitrogens with zero attached hydrogens (tertiary/aromatic N) is 3. The van der Waals surface area contributed by atoms with Gasteiger partial charge in [0.05, 0.1) is 22.3 Å². The van der Waals surface area contributed by atoms with E-state index in [2.05, 4.69) is 36.4 Å². The molecule has 0 bridgehead atoms. The number of aromatic nitrogens is 2. The van der Waals surface area contributed by atoms with E-state index in [0.29, 0.717) is 0 Å². The van der Waals surface area contributed by atoms with E-state index in [1.807, 2.05) is 30.6 Å². The van der Waals surface area contributed by atoms with Crippen molar-refractivity contribution in [2.24, 2.45) is 5.41 Å². The molecule has 0 aliphatic carbocycles. The molecule has 0 unspecified atom stereocenters. The third kappa shape index (κ3) is 4.05. The fourth-order valence-corrected chi connectivity index (χ4v) is 3.31. The first kappa shape index (κ1) is 17.1.